The quantitative estimate of drug-likeness (QED) is 0.741. The molecule has 0 atom stereocenters. The second-order valence-corrected chi connectivity index (χ2v) is 5.68. The van der Waals surface area contributed by atoms with Gasteiger partial charge in [0.25, 0.3) is 0 Å². The maximum absolute atomic E-state index is 5.14. The number of hydrogen-bond acceptors (Lipinski definition) is 3. The van der Waals surface area contributed by atoms with E-state index < -0.39 is 0 Å². The fourth-order valence-corrected chi connectivity index (χ4v) is 2.85. The van der Waals surface area contributed by atoms with Crippen LogP contribution in [0.4, 0.5) is 0 Å². The fourth-order valence-electron chi connectivity index (χ4n) is 2.85. The molecule has 3 nitrogen and oxygen atoms in total. The van der Waals surface area contributed by atoms with Gasteiger partial charge in [-0.25, -0.2) is 0 Å². The van der Waals surface area contributed by atoms with Crippen molar-refractivity contribution in [2.75, 3.05) is 13.7 Å². The number of hydrogen-bond donors (Lipinski definition) is 1. The minimum atomic E-state index is 0.887. The van der Waals surface area contributed by atoms with Crippen LogP contribution in [0, 0.1) is 6.92 Å². The number of pyridine rings is 1. The van der Waals surface area contributed by atoms with Gasteiger partial charge < -0.3 is 10.1 Å². The van der Waals surface area contributed by atoms with Gasteiger partial charge in [-0.3, -0.25) is 4.98 Å². The molecular weight excluding hydrogens is 284 g/mol. The summed E-state index contributed by atoms with van der Waals surface area (Å²) in [4.78, 5) is 4.22. The molecule has 4 rings (SSSR count). The average Bonchev–Trinajstić information content (AvgIpc) is 2.62. The first-order valence-electron chi connectivity index (χ1n) is 7.95. The van der Waals surface area contributed by atoms with E-state index in [1.165, 1.54) is 28.3 Å². The van der Waals surface area contributed by atoms with Gasteiger partial charge in [-0.05, 0) is 60.7 Å². The highest BCUT2D eigenvalue weighted by Crippen LogP contribution is 2.21. The number of benzene rings is 2. The molecule has 1 aliphatic heterocycles. The number of aromatic nitrogens is 1. The van der Waals surface area contributed by atoms with Crippen LogP contribution in [0.5, 0.6) is 5.75 Å². The number of nitrogens with one attached hydrogen (secondary N) is 1. The Morgan fingerprint density at radius 1 is 1.04 bits per heavy atom. The summed E-state index contributed by atoms with van der Waals surface area (Å²) in [5.74, 6) is 0.887. The standard InChI is InChI=1S/C11H11NO.C9H11N/c1-8-11-4-3-10(13-2)7-9(11)5-6-12-8;1-2-4-9-7-10-6-5-8(9)3-1/h3-7H,1-2H3;1-4,10H,5-7H2. The highest BCUT2D eigenvalue weighted by molar-refractivity contribution is 5.85. The first kappa shape index (κ1) is 15.5. The van der Waals surface area contributed by atoms with Gasteiger partial charge >= 0.3 is 0 Å². The Morgan fingerprint density at radius 3 is 2.65 bits per heavy atom. The Morgan fingerprint density at radius 2 is 1.87 bits per heavy atom. The molecule has 0 bridgehead atoms. The molecule has 2 aromatic carbocycles. The van der Waals surface area contributed by atoms with Crippen LogP contribution < -0.4 is 10.1 Å². The summed E-state index contributed by atoms with van der Waals surface area (Å²) < 4.78 is 5.14. The monoisotopic (exact) mass is 306 g/mol. The number of rotatable bonds is 1. The highest BCUT2D eigenvalue weighted by Gasteiger charge is 2.05. The molecule has 0 saturated heterocycles. The minimum absolute atomic E-state index is 0.887. The number of methoxy groups -OCH3 is 1. The van der Waals surface area contributed by atoms with Gasteiger partial charge in [-0.1, -0.05) is 24.3 Å². The van der Waals surface area contributed by atoms with Crippen LogP contribution in [0.3, 0.4) is 0 Å². The van der Waals surface area contributed by atoms with Crippen molar-refractivity contribution in [3.8, 4) is 5.75 Å². The van der Waals surface area contributed by atoms with Crippen LogP contribution in [-0.2, 0) is 13.0 Å². The summed E-state index contributed by atoms with van der Waals surface area (Å²) >= 11 is 0. The van der Waals surface area contributed by atoms with Crippen LogP contribution in [0.15, 0.2) is 54.7 Å². The molecule has 0 aliphatic carbocycles. The van der Waals surface area contributed by atoms with Crippen molar-refractivity contribution in [2.24, 2.45) is 0 Å². The van der Waals surface area contributed by atoms with Gasteiger partial charge in [0.15, 0.2) is 0 Å². The zero-order valence-electron chi connectivity index (χ0n) is 13.7. The number of nitrogens with zero attached hydrogens (tertiary/aromatic N) is 1. The smallest absolute Gasteiger partial charge is 0.119 e. The lowest BCUT2D eigenvalue weighted by molar-refractivity contribution is 0.415. The zero-order valence-corrected chi connectivity index (χ0v) is 13.7. The summed E-state index contributed by atoms with van der Waals surface area (Å²) in [5, 5.41) is 5.70. The lowest BCUT2D eigenvalue weighted by atomic mass is 10.0. The summed E-state index contributed by atoms with van der Waals surface area (Å²) in [7, 11) is 1.68. The van der Waals surface area contributed by atoms with E-state index >= 15 is 0 Å². The summed E-state index contributed by atoms with van der Waals surface area (Å²) in [6.45, 7) is 4.20. The molecular formula is C20H22N2O. The van der Waals surface area contributed by atoms with E-state index in [0.717, 1.165) is 24.5 Å². The van der Waals surface area contributed by atoms with Crippen molar-refractivity contribution in [3.05, 3.63) is 71.5 Å². The van der Waals surface area contributed by atoms with Gasteiger partial charge in [-0.2, -0.15) is 0 Å². The Labute approximate surface area is 137 Å². The van der Waals surface area contributed by atoms with E-state index in [1.807, 2.05) is 37.4 Å². The Hall–Kier alpha value is -2.39. The third-order valence-corrected chi connectivity index (χ3v) is 4.18. The first-order valence-corrected chi connectivity index (χ1v) is 7.95. The largest absolute Gasteiger partial charge is 0.497 e. The number of aryl methyl sites for hydroxylation is 1. The predicted molar refractivity (Wildman–Crippen MR) is 94.9 cm³/mol. The van der Waals surface area contributed by atoms with Crippen molar-refractivity contribution in [1.29, 1.82) is 0 Å². The Kier molecular flexibility index (Phi) is 4.89. The summed E-state index contributed by atoms with van der Waals surface area (Å²) in [6, 6.07) is 16.6. The van der Waals surface area contributed by atoms with E-state index in [1.54, 1.807) is 7.11 Å². The van der Waals surface area contributed by atoms with E-state index in [2.05, 4.69) is 34.6 Å². The zero-order chi connectivity index (χ0) is 16.1. The maximum atomic E-state index is 5.14. The molecule has 0 spiro atoms. The Bertz CT molecular complexity index is 774. The molecule has 0 unspecified atom stereocenters. The number of fused-ring (bicyclic) bond motifs is 2. The van der Waals surface area contributed by atoms with Gasteiger partial charge in [0, 0.05) is 23.8 Å². The van der Waals surface area contributed by atoms with E-state index in [0.29, 0.717) is 0 Å². The lowest BCUT2D eigenvalue weighted by Gasteiger charge is -2.15. The summed E-state index contributed by atoms with van der Waals surface area (Å²) in [5.41, 5.74) is 4.04. The van der Waals surface area contributed by atoms with Gasteiger partial charge in [0.05, 0.1) is 7.11 Å². The second-order valence-electron chi connectivity index (χ2n) is 5.68. The minimum Gasteiger partial charge on any atom is -0.497 e. The maximum Gasteiger partial charge on any atom is 0.119 e. The third-order valence-electron chi connectivity index (χ3n) is 4.18. The molecule has 1 aromatic heterocycles. The molecule has 0 amide bonds. The van der Waals surface area contributed by atoms with Crippen molar-refractivity contribution in [2.45, 2.75) is 19.9 Å². The first-order chi connectivity index (χ1) is 11.3. The second kappa shape index (κ2) is 7.25. The van der Waals surface area contributed by atoms with Crippen LogP contribution in [0.1, 0.15) is 16.8 Å². The summed E-state index contributed by atoms with van der Waals surface area (Å²) in [6.07, 6.45) is 3.01. The van der Waals surface area contributed by atoms with E-state index in [4.69, 9.17) is 4.74 Å². The van der Waals surface area contributed by atoms with Crippen LogP contribution in [0.25, 0.3) is 10.8 Å². The molecule has 2 heterocycles. The fraction of sp³-hybridized carbons (Fsp3) is 0.250. The van der Waals surface area contributed by atoms with E-state index in [9.17, 15) is 0 Å². The molecule has 1 aliphatic rings. The molecule has 3 heteroatoms. The SMILES string of the molecule is COc1ccc2c(C)nccc2c1.c1ccc2c(c1)CCNC2. The van der Waals surface area contributed by atoms with Gasteiger partial charge in [-0.15, -0.1) is 0 Å². The molecule has 23 heavy (non-hydrogen) atoms. The topological polar surface area (TPSA) is 34.1 Å². The lowest BCUT2D eigenvalue weighted by Crippen LogP contribution is -2.23. The molecule has 3 aromatic rings. The molecule has 0 saturated carbocycles. The normalized spacial score (nSPS) is 13.0. The Balaban J connectivity index is 0.000000140. The van der Waals surface area contributed by atoms with Crippen molar-refractivity contribution in [1.82, 2.24) is 10.3 Å². The van der Waals surface area contributed by atoms with Crippen molar-refractivity contribution < 1.29 is 4.74 Å². The van der Waals surface area contributed by atoms with Crippen LogP contribution >= 0.6 is 0 Å². The third kappa shape index (κ3) is 3.69. The van der Waals surface area contributed by atoms with E-state index in [-0.39, 0.29) is 0 Å². The van der Waals surface area contributed by atoms with Crippen LogP contribution in [-0.4, -0.2) is 18.6 Å². The van der Waals surface area contributed by atoms with Gasteiger partial charge in [0.1, 0.15) is 5.75 Å². The molecule has 0 fully saturated rings. The van der Waals surface area contributed by atoms with Crippen LogP contribution in [0.2, 0.25) is 0 Å². The predicted octanol–water partition coefficient (Wildman–Crippen LogP) is 3.88. The molecule has 0 radical (unpaired) electrons. The number of ether oxygens (including phenoxy) is 1. The molecule has 118 valence electrons. The van der Waals surface area contributed by atoms with Gasteiger partial charge in [0.2, 0.25) is 0 Å². The molecule has 1 N–H and O–H groups in total. The van der Waals surface area contributed by atoms with Crippen molar-refractivity contribution >= 4 is 10.8 Å². The van der Waals surface area contributed by atoms with Crippen molar-refractivity contribution in [3.63, 3.8) is 0 Å². The average molecular weight is 306 g/mol. The highest BCUT2D eigenvalue weighted by atomic mass is 16.5.